The minimum atomic E-state index is -1.73. The molecule has 1 aliphatic heterocycles. The lowest BCUT2D eigenvalue weighted by atomic mass is 9.99. The molecule has 0 aliphatic carbocycles. The SMILES string of the molecule is CC(C)COC(=O)C1O[C@@H](O)C(O)C(O)[C@@H]1O. The summed E-state index contributed by atoms with van der Waals surface area (Å²) in [7, 11) is 0. The standard InChI is InChI=1S/C10H18O7/c1-4(2)3-16-10(15)8-6(12)5(11)7(13)9(14)17-8/h4-9,11-14H,3H2,1-2H3/t5?,6-,7?,8?,9+/m0/s1. The van der Waals surface area contributed by atoms with Crippen molar-refractivity contribution in [3.63, 3.8) is 0 Å². The third kappa shape index (κ3) is 3.36. The summed E-state index contributed by atoms with van der Waals surface area (Å²) in [6.07, 6.45) is -8.17. The van der Waals surface area contributed by atoms with Crippen LogP contribution in [0.1, 0.15) is 13.8 Å². The lowest BCUT2D eigenvalue weighted by molar-refractivity contribution is -0.281. The molecule has 0 spiro atoms. The van der Waals surface area contributed by atoms with E-state index >= 15 is 0 Å². The second kappa shape index (κ2) is 5.74. The number of esters is 1. The highest BCUT2D eigenvalue weighted by Gasteiger charge is 2.46. The van der Waals surface area contributed by atoms with E-state index in [4.69, 9.17) is 9.47 Å². The lowest BCUT2D eigenvalue weighted by Crippen LogP contribution is -2.60. The Balaban J connectivity index is 2.60. The Labute approximate surface area is 98.6 Å². The highest BCUT2D eigenvalue weighted by molar-refractivity contribution is 5.75. The molecule has 0 saturated carbocycles. The van der Waals surface area contributed by atoms with E-state index in [0.717, 1.165) is 0 Å². The molecule has 1 aliphatic rings. The number of hydrogen-bond acceptors (Lipinski definition) is 7. The molecule has 100 valence electrons. The van der Waals surface area contributed by atoms with Gasteiger partial charge >= 0.3 is 5.97 Å². The van der Waals surface area contributed by atoms with Crippen molar-refractivity contribution in [3.05, 3.63) is 0 Å². The van der Waals surface area contributed by atoms with Gasteiger partial charge in [0.1, 0.15) is 18.3 Å². The molecule has 1 rings (SSSR count). The van der Waals surface area contributed by atoms with Gasteiger partial charge in [-0.2, -0.15) is 0 Å². The van der Waals surface area contributed by atoms with Crippen molar-refractivity contribution in [2.24, 2.45) is 5.92 Å². The van der Waals surface area contributed by atoms with E-state index in [9.17, 15) is 25.2 Å². The Hall–Kier alpha value is -0.730. The number of rotatable bonds is 3. The van der Waals surface area contributed by atoms with Gasteiger partial charge in [-0.25, -0.2) is 4.79 Å². The third-order valence-corrected chi connectivity index (χ3v) is 2.38. The molecule has 5 atom stereocenters. The first-order chi connectivity index (χ1) is 7.84. The zero-order valence-electron chi connectivity index (χ0n) is 9.68. The van der Waals surface area contributed by atoms with E-state index in [-0.39, 0.29) is 12.5 Å². The van der Waals surface area contributed by atoms with Gasteiger partial charge in [-0.05, 0) is 5.92 Å². The largest absolute Gasteiger partial charge is 0.463 e. The summed E-state index contributed by atoms with van der Waals surface area (Å²) in [5, 5.41) is 37.3. The van der Waals surface area contributed by atoms with E-state index in [1.807, 2.05) is 13.8 Å². The number of aliphatic hydroxyl groups excluding tert-OH is 4. The molecule has 0 amide bonds. The second-order valence-corrected chi connectivity index (χ2v) is 4.44. The fraction of sp³-hybridized carbons (Fsp3) is 0.900. The molecule has 1 fully saturated rings. The number of carbonyl (C=O) groups excluding carboxylic acids is 1. The molecule has 3 unspecified atom stereocenters. The molecule has 4 N–H and O–H groups in total. The van der Waals surface area contributed by atoms with Crippen LogP contribution in [0.4, 0.5) is 0 Å². The number of hydrogen-bond donors (Lipinski definition) is 4. The van der Waals surface area contributed by atoms with E-state index < -0.39 is 36.7 Å². The van der Waals surface area contributed by atoms with Gasteiger partial charge in [0, 0.05) is 0 Å². The maximum atomic E-state index is 11.5. The van der Waals surface area contributed by atoms with E-state index in [1.54, 1.807) is 0 Å². The summed E-state index contributed by atoms with van der Waals surface area (Å²) in [5.41, 5.74) is 0. The summed E-state index contributed by atoms with van der Waals surface area (Å²) < 4.78 is 9.51. The normalized spacial score (nSPS) is 38.2. The highest BCUT2D eigenvalue weighted by atomic mass is 16.7. The van der Waals surface area contributed by atoms with Crippen molar-refractivity contribution >= 4 is 5.97 Å². The van der Waals surface area contributed by atoms with Crippen LogP contribution in [-0.2, 0) is 14.3 Å². The van der Waals surface area contributed by atoms with Crippen molar-refractivity contribution in [1.29, 1.82) is 0 Å². The molecule has 0 aromatic heterocycles. The average molecular weight is 250 g/mol. The molecule has 0 radical (unpaired) electrons. The van der Waals surface area contributed by atoms with Crippen molar-refractivity contribution in [2.45, 2.75) is 44.6 Å². The molecule has 0 aromatic rings. The van der Waals surface area contributed by atoms with Crippen LogP contribution in [0.5, 0.6) is 0 Å². The summed E-state index contributed by atoms with van der Waals surface area (Å²) in [5.74, 6) is -0.767. The van der Waals surface area contributed by atoms with E-state index in [1.165, 1.54) is 0 Å². The first-order valence-corrected chi connectivity index (χ1v) is 5.39. The molecule has 0 bridgehead atoms. The van der Waals surface area contributed by atoms with E-state index in [0.29, 0.717) is 0 Å². The van der Waals surface area contributed by atoms with Gasteiger partial charge in [0.05, 0.1) is 6.61 Å². The lowest BCUT2D eigenvalue weighted by Gasteiger charge is -2.36. The van der Waals surface area contributed by atoms with Crippen LogP contribution in [0.3, 0.4) is 0 Å². The number of aliphatic hydroxyl groups is 4. The van der Waals surface area contributed by atoms with Gasteiger partial charge in [-0.15, -0.1) is 0 Å². The van der Waals surface area contributed by atoms with Crippen LogP contribution in [0.15, 0.2) is 0 Å². The topological polar surface area (TPSA) is 116 Å². The quantitative estimate of drug-likeness (QED) is 0.427. The van der Waals surface area contributed by atoms with Gasteiger partial charge in [-0.1, -0.05) is 13.8 Å². The Morgan fingerprint density at radius 1 is 1.18 bits per heavy atom. The number of ether oxygens (including phenoxy) is 2. The van der Waals surface area contributed by atoms with Crippen LogP contribution < -0.4 is 0 Å². The van der Waals surface area contributed by atoms with Crippen LogP contribution in [0.25, 0.3) is 0 Å². The Morgan fingerprint density at radius 3 is 2.29 bits per heavy atom. The smallest absolute Gasteiger partial charge is 0.338 e. The fourth-order valence-corrected chi connectivity index (χ4v) is 1.39. The van der Waals surface area contributed by atoms with Gasteiger partial charge in [0.15, 0.2) is 12.4 Å². The zero-order valence-corrected chi connectivity index (χ0v) is 9.68. The molecule has 0 aromatic carbocycles. The Kier molecular flexibility index (Phi) is 4.84. The van der Waals surface area contributed by atoms with E-state index in [2.05, 4.69) is 0 Å². The minimum absolute atomic E-state index is 0.111. The molecular formula is C10H18O7. The molecule has 1 saturated heterocycles. The van der Waals surface area contributed by atoms with Gasteiger partial charge in [0.2, 0.25) is 0 Å². The Bertz CT molecular complexity index is 267. The molecule has 1 heterocycles. The predicted molar refractivity (Wildman–Crippen MR) is 54.7 cm³/mol. The summed E-state index contributed by atoms with van der Waals surface area (Å²) in [4.78, 5) is 11.5. The van der Waals surface area contributed by atoms with Gasteiger partial charge in [-0.3, -0.25) is 0 Å². The summed E-state index contributed by atoms with van der Waals surface area (Å²) in [6, 6.07) is 0. The third-order valence-electron chi connectivity index (χ3n) is 2.38. The first-order valence-electron chi connectivity index (χ1n) is 5.39. The Morgan fingerprint density at radius 2 is 1.76 bits per heavy atom. The first kappa shape index (κ1) is 14.3. The maximum Gasteiger partial charge on any atom is 0.338 e. The van der Waals surface area contributed by atoms with Crippen LogP contribution in [0, 0.1) is 5.92 Å². The van der Waals surface area contributed by atoms with Crippen LogP contribution in [0.2, 0.25) is 0 Å². The molecule has 17 heavy (non-hydrogen) atoms. The van der Waals surface area contributed by atoms with Crippen molar-refractivity contribution in [2.75, 3.05) is 6.61 Å². The number of carbonyl (C=O) groups is 1. The molecule has 7 heteroatoms. The maximum absolute atomic E-state index is 11.5. The highest BCUT2D eigenvalue weighted by Crippen LogP contribution is 2.20. The molecule has 7 nitrogen and oxygen atoms in total. The molecular weight excluding hydrogens is 232 g/mol. The van der Waals surface area contributed by atoms with Crippen molar-refractivity contribution < 1.29 is 34.7 Å². The van der Waals surface area contributed by atoms with Crippen molar-refractivity contribution in [3.8, 4) is 0 Å². The van der Waals surface area contributed by atoms with Gasteiger partial charge in [0.25, 0.3) is 0 Å². The van der Waals surface area contributed by atoms with Crippen LogP contribution in [-0.4, -0.2) is 63.7 Å². The summed E-state index contributed by atoms with van der Waals surface area (Å²) >= 11 is 0. The fourth-order valence-electron chi connectivity index (χ4n) is 1.39. The minimum Gasteiger partial charge on any atom is -0.463 e. The zero-order chi connectivity index (χ0) is 13.2. The van der Waals surface area contributed by atoms with Gasteiger partial charge < -0.3 is 29.9 Å². The summed E-state index contributed by atoms with van der Waals surface area (Å²) in [6.45, 7) is 3.80. The second-order valence-electron chi connectivity index (χ2n) is 4.44. The monoisotopic (exact) mass is 250 g/mol. The average Bonchev–Trinajstić information content (AvgIpc) is 2.28. The predicted octanol–water partition coefficient (Wildman–Crippen LogP) is -2.01. The van der Waals surface area contributed by atoms with Crippen LogP contribution >= 0.6 is 0 Å². The van der Waals surface area contributed by atoms with Crippen molar-refractivity contribution in [1.82, 2.24) is 0 Å².